The Bertz CT molecular complexity index is 1560. The highest BCUT2D eigenvalue weighted by Crippen LogP contribution is 2.36. The van der Waals surface area contributed by atoms with Crippen molar-refractivity contribution in [3.8, 4) is 11.1 Å². The maximum atomic E-state index is 13.3. The molecule has 42 heavy (non-hydrogen) atoms. The van der Waals surface area contributed by atoms with Crippen LogP contribution in [0.2, 0.25) is 0 Å². The summed E-state index contributed by atoms with van der Waals surface area (Å²) in [7, 11) is 0. The number of rotatable bonds is 11. The lowest BCUT2D eigenvalue weighted by atomic mass is 9.93. The van der Waals surface area contributed by atoms with Crippen LogP contribution in [0.25, 0.3) is 11.1 Å². The quantitative estimate of drug-likeness (QED) is 0.149. The summed E-state index contributed by atoms with van der Waals surface area (Å²) in [4.78, 5) is 27.7. The zero-order valence-electron chi connectivity index (χ0n) is 24.4. The SMILES string of the molecule is Cc1cccc(NCCCC(=O)N2CCCc3c(-c4cnn(Cc5cccc(C(=O)NCCS)c5)c4)cccc32)c1C. The van der Waals surface area contributed by atoms with Crippen LogP contribution >= 0.6 is 12.6 Å². The zero-order valence-corrected chi connectivity index (χ0v) is 25.3. The molecule has 4 aromatic rings. The molecule has 2 N–H and O–H groups in total. The highest BCUT2D eigenvalue weighted by molar-refractivity contribution is 7.80. The number of nitrogens with zero attached hydrogens (tertiary/aromatic N) is 3. The number of aryl methyl sites for hydroxylation is 1. The van der Waals surface area contributed by atoms with Crippen LogP contribution in [-0.2, 0) is 17.8 Å². The van der Waals surface area contributed by atoms with Gasteiger partial charge in [-0.3, -0.25) is 14.3 Å². The minimum absolute atomic E-state index is 0.0975. The van der Waals surface area contributed by atoms with Gasteiger partial charge in [0, 0.05) is 60.5 Å². The summed E-state index contributed by atoms with van der Waals surface area (Å²) in [6.45, 7) is 6.84. The molecule has 7 nitrogen and oxygen atoms in total. The van der Waals surface area contributed by atoms with Crippen LogP contribution in [0.1, 0.15) is 51.9 Å². The molecular formula is C34H39N5O2S. The number of hydrogen-bond acceptors (Lipinski definition) is 5. The van der Waals surface area contributed by atoms with Crippen LogP contribution < -0.4 is 15.5 Å². The Kier molecular flexibility index (Phi) is 9.64. The van der Waals surface area contributed by atoms with Crippen molar-refractivity contribution in [1.82, 2.24) is 15.1 Å². The molecule has 0 atom stereocenters. The predicted molar refractivity (Wildman–Crippen MR) is 174 cm³/mol. The van der Waals surface area contributed by atoms with Gasteiger partial charge in [0.1, 0.15) is 0 Å². The van der Waals surface area contributed by atoms with E-state index in [1.807, 2.05) is 52.3 Å². The number of carbonyl (C=O) groups excluding carboxylic acids is 2. The van der Waals surface area contributed by atoms with E-state index >= 15 is 0 Å². The van der Waals surface area contributed by atoms with Crippen molar-refractivity contribution >= 4 is 35.8 Å². The Morgan fingerprint density at radius 2 is 1.86 bits per heavy atom. The van der Waals surface area contributed by atoms with Crippen molar-refractivity contribution in [3.05, 3.63) is 101 Å². The first-order chi connectivity index (χ1) is 20.4. The Balaban J connectivity index is 1.24. The lowest BCUT2D eigenvalue weighted by Gasteiger charge is -2.31. The van der Waals surface area contributed by atoms with Crippen LogP contribution in [0.4, 0.5) is 11.4 Å². The molecule has 0 bridgehead atoms. The van der Waals surface area contributed by atoms with Gasteiger partial charge in [0.2, 0.25) is 5.91 Å². The number of hydrogen-bond donors (Lipinski definition) is 3. The van der Waals surface area contributed by atoms with Gasteiger partial charge in [-0.2, -0.15) is 17.7 Å². The average Bonchev–Trinajstić information content (AvgIpc) is 3.47. The van der Waals surface area contributed by atoms with Gasteiger partial charge in [0.25, 0.3) is 5.91 Å². The normalized spacial score (nSPS) is 12.6. The highest BCUT2D eigenvalue weighted by Gasteiger charge is 2.24. The smallest absolute Gasteiger partial charge is 0.251 e. The number of nitrogens with one attached hydrogen (secondary N) is 2. The molecule has 0 unspecified atom stereocenters. The van der Waals surface area contributed by atoms with E-state index in [9.17, 15) is 9.59 Å². The first kappa shape index (κ1) is 29.5. The third-order valence-corrected chi connectivity index (χ3v) is 8.14. The molecule has 1 aliphatic rings. The van der Waals surface area contributed by atoms with E-state index in [2.05, 4.69) is 72.5 Å². The van der Waals surface area contributed by atoms with Crippen LogP contribution in [0.5, 0.6) is 0 Å². The molecule has 3 aromatic carbocycles. The van der Waals surface area contributed by atoms with Gasteiger partial charge in [-0.1, -0.05) is 36.4 Å². The van der Waals surface area contributed by atoms with Crippen molar-refractivity contribution in [2.75, 3.05) is 35.6 Å². The minimum atomic E-state index is -0.0975. The minimum Gasteiger partial charge on any atom is -0.385 e. The van der Waals surface area contributed by atoms with Gasteiger partial charge >= 0.3 is 0 Å². The lowest BCUT2D eigenvalue weighted by Crippen LogP contribution is -2.35. The predicted octanol–water partition coefficient (Wildman–Crippen LogP) is 6.05. The Morgan fingerprint density at radius 1 is 1.02 bits per heavy atom. The Morgan fingerprint density at radius 3 is 2.71 bits per heavy atom. The van der Waals surface area contributed by atoms with Gasteiger partial charge < -0.3 is 15.5 Å². The molecule has 1 aromatic heterocycles. The Labute approximate surface area is 253 Å². The van der Waals surface area contributed by atoms with E-state index in [1.165, 1.54) is 16.7 Å². The van der Waals surface area contributed by atoms with E-state index in [0.717, 1.165) is 60.4 Å². The van der Waals surface area contributed by atoms with Crippen molar-refractivity contribution in [1.29, 1.82) is 0 Å². The molecule has 0 aliphatic carbocycles. The first-order valence-corrected chi connectivity index (χ1v) is 15.3. The van der Waals surface area contributed by atoms with E-state index < -0.39 is 0 Å². The molecule has 0 saturated carbocycles. The number of anilines is 2. The van der Waals surface area contributed by atoms with Gasteiger partial charge in [0.15, 0.2) is 0 Å². The van der Waals surface area contributed by atoms with Crippen molar-refractivity contribution in [2.24, 2.45) is 0 Å². The number of fused-ring (bicyclic) bond motifs is 1. The molecular weight excluding hydrogens is 542 g/mol. The molecule has 2 heterocycles. The van der Waals surface area contributed by atoms with Gasteiger partial charge in [-0.05, 0) is 85.2 Å². The third-order valence-electron chi connectivity index (χ3n) is 7.91. The van der Waals surface area contributed by atoms with E-state index in [-0.39, 0.29) is 11.8 Å². The summed E-state index contributed by atoms with van der Waals surface area (Å²) >= 11 is 4.16. The summed E-state index contributed by atoms with van der Waals surface area (Å²) in [5.41, 5.74) is 9.65. The molecule has 0 radical (unpaired) electrons. The van der Waals surface area contributed by atoms with Crippen molar-refractivity contribution in [3.63, 3.8) is 0 Å². The van der Waals surface area contributed by atoms with Gasteiger partial charge in [-0.15, -0.1) is 0 Å². The molecule has 218 valence electrons. The topological polar surface area (TPSA) is 79.3 Å². The summed E-state index contributed by atoms with van der Waals surface area (Å²) in [5.74, 6) is 0.673. The number of benzene rings is 3. The lowest BCUT2D eigenvalue weighted by molar-refractivity contribution is -0.118. The standard InChI is InChI=1S/C34H39N5O2S/c1-24-8-3-13-31(25(24)2)35-16-6-15-33(40)39-18-7-12-30-29(11-5-14-32(30)39)28-21-37-38(23-28)22-26-9-4-10-27(20-26)34(41)36-17-19-42/h3-5,8-11,13-14,20-21,23,35,42H,6-7,12,15-19,22H2,1-2H3,(H,36,41). The Hall–Kier alpha value is -4.04. The fourth-order valence-corrected chi connectivity index (χ4v) is 5.66. The van der Waals surface area contributed by atoms with Crippen molar-refractivity contribution < 1.29 is 9.59 Å². The zero-order chi connectivity index (χ0) is 29.5. The van der Waals surface area contributed by atoms with E-state index in [4.69, 9.17) is 0 Å². The second kappa shape index (κ2) is 13.7. The molecule has 0 spiro atoms. The fraction of sp³-hybridized carbons (Fsp3) is 0.324. The maximum Gasteiger partial charge on any atom is 0.251 e. The fourth-order valence-electron chi connectivity index (χ4n) is 5.55. The second-order valence-corrected chi connectivity index (χ2v) is 11.3. The summed E-state index contributed by atoms with van der Waals surface area (Å²) in [5, 5.41) is 11.0. The highest BCUT2D eigenvalue weighted by atomic mass is 32.1. The van der Waals surface area contributed by atoms with Gasteiger partial charge in [-0.25, -0.2) is 0 Å². The van der Waals surface area contributed by atoms with Crippen LogP contribution in [0.3, 0.4) is 0 Å². The molecule has 0 fully saturated rings. The molecule has 5 rings (SSSR count). The van der Waals surface area contributed by atoms with Crippen LogP contribution in [0, 0.1) is 13.8 Å². The summed E-state index contributed by atoms with van der Waals surface area (Å²) in [6.07, 6.45) is 7.08. The van der Waals surface area contributed by atoms with Crippen LogP contribution in [-0.4, -0.2) is 47.0 Å². The summed E-state index contributed by atoms with van der Waals surface area (Å²) in [6, 6.07) is 20.1. The average molecular weight is 582 g/mol. The number of thiol groups is 1. The molecule has 0 saturated heterocycles. The second-order valence-electron chi connectivity index (χ2n) is 10.8. The van der Waals surface area contributed by atoms with Crippen LogP contribution in [0.15, 0.2) is 73.1 Å². The van der Waals surface area contributed by atoms with Crippen molar-refractivity contribution in [2.45, 2.75) is 46.1 Å². The maximum absolute atomic E-state index is 13.3. The number of aromatic nitrogens is 2. The molecule has 8 heteroatoms. The number of amides is 2. The first-order valence-electron chi connectivity index (χ1n) is 14.7. The largest absolute Gasteiger partial charge is 0.385 e. The van der Waals surface area contributed by atoms with E-state index in [1.54, 1.807) is 0 Å². The monoisotopic (exact) mass is 581 g/mol. The van der Waals surface area contributed by atoms with Gasteiger partial charge in [0.05, 0.1) is 12.7 Å². The third kappa shape index (κ3) is 6.87. The number of carbonyl (C=O) groups is 2. The van der Waals surface area contributed by atoms with E-state index in [0.29, 0.717) is 30.8 Å². The molecule has 1 aliphatic heterocycles. The summed E-state index contributed by atoms with van der Waals surface area (Å²) < 4.78 is 1.90. The molecule has 2 amide bonds.